The number of hydrogen-bond donors (Lipinski definition) is 0. The summed E-state index contributed by atoms with van der Waals surface area (Å²) >= 11 is 0. The van der Waals surface area contributed by atoms with Crippen molar-refractivity contribution in [2.75, 3.05) is 6.54 Å². The lowest BCUT2D eigenvalue weighted by Gasteiger charge is -2.31. The van der Waals surface area contributed by atoms with Crippen LogP contribution >= 0.6 is 0 Å². The molecule has 28 heavy (non-hydrogen) atoms. The number of carbonyl (C=O) groups is 4. The van der Waals surface area contributed by atoms with Crippen LogP contribution in [0, 0.1) is 0 Å². The van der Waals surface area contributed by atoms with Crippen LogP contribution in [-0.4, -0.2) is 52.0 Å². The Bertz CT molecular complexity index is 778. The van der Waals surface area contributed by atoms with Gasteiger partial charge in [0.2, 0.25) is 0 Å². The Labute approximate surface area is 163 Å². The van der Waals surface area contributed by atoms with Crippen LogP contribution < -0.4 is 0 Å². The third-order valence-electron chi connectivity index (χ3n) is 4.59. The van der Waals surface area contributed by atoms with E-state index in [2.05, 4.69) is 0 Å². The summed E-state index contributed by atoms with van der Waals surface area (Å²) in [6.45, 7) is 5.58. The molecule has 0 aromatic heterocycles. The maximum absolute atomic E-state index is 12.8. The Balaban J connectivity index is 1.77. The van der Waals surface area contributed by atoms with E-state index >= 15 is 0 Å². The molecule has 3 amide bonds. The number of likely N-dealkylation sites (tertiary alicyclic amines) is 1. The molecule has 1 aromatic rings. The molecule has 0 radical (unpaired) electrons. The molecular formula is C20H24N2O6. The quantitative estimate of drug-likeness (QED) is 0.723. The van der Waals surface area contributed by atoms with E-state index < -0.39 is 35.5 Å². The predicted octanol–water partition coefficient (Wildman–Crippen LogP) is 2.92. The summed E-state index contributed by atoms with van der Waals surface area (Å²) in [5.74, 6) is -2.19. The van der Waals surface area contributed by atoms with Crippen LogP contribution in [-0.2, 0) is 14.4 Å². The first-order valence-electron chi connectivity index (χ1n) is 9.38. The number of amides is 3. The molecule has 0 aliphatic carbocycles. The van der Waals surface area contributed by atoms with Crippen molar-refractivity contribution in [2.45, 2.75) is 58.1 Å². The van der Waals surface area contributed by atoms with E-state index in [0.29, 0.717) is 18.0 Å². The minimum absolute atomic E-state index is 0.185. The summed E-state index contributed by atoms with van der Waals surface area (Å²) in [6, 6.07) is 5.35. The van der Waals surface area contributed by atoms with Gasteiger partial charge in [0.1, 0.15) is 11.6 Å². The van der Waals surface area contributed by atoms with E-state index in [1.807, 2.05) is 0 Å². The Kier molecular flexibility index (Phi) is 5.40. The number of rotatable bonds is 2. The van der Waals surface area contributed by atoms with E-state index in [9.17, 15) is 19.2 Å². The normalized spacial score (nSPS) is 19.9. The summed E-state index contributed by atoms with van der Waals surface area (Å²) in [5.41, 5.74) is -0.337. The third-order valence-corrected chi connectivity index (χ3v) is 4.59. The molecule has 150 valence electrons. The van der Waals surface area contributed by atoms with Crippen molar-refractivity contribution in [1.82, 2.24) is 9.96 Å². The van der Waals surface area contributed by atoms with Crippen LogP contribution in [0.4, 0.5) is 4.79 Å². The van der Waals surface area contributed by atoms with Crippen molar-refractivity contribution in [3.05, 3.63) is 35.4 Å². The molecule has 0 bridgehead atoms. The van der Waals surface area contributed by atoms with Gasteiger partial charge < -0.3 is 9.57 Å². The highest BCUT2D eigenvalue weighted by atomic mass is 16.7. The molecule has 2 aliphatic heterocycles. The topological polar surface area (TPSA) is 93.2 Å². The number of imide groups is 1. The van der Waals surface area contributed by atoms with Gasteiger partial charge in [-0.2, -0.15) is 0 Å². The number of hydrogen-bond acceptors (Lipinski definition) is 6. The number of carbonyl (C=O) groups excluding carboxylic acids is 4. The minimum atomic E-state index is -0.915. The van der Waals surface area contributed by atoms with E-state index in [0.717, 1.165) is 19.3 Å². The smallest absolute Gasteiger partial charge is 0.411 e. The second kappa shape index (κ2) is 7.61. The molecule has 1 saturated heterocycles. The molecule has 1 atom stereocenters. The number of benzene rings is 1. The molecular weight excluding hydrogens is 364 g/mol. The fraction of sp³-hybridized carbons (Fsp3) is 0.500. The Morgan fingerprint density at radius 2 is 1.61 bits per heavy atom. The Morgan fingerprint density at radius 3 is 2.18 bits per heavy atom. The lowest BCUT2D eigenvalue weighted by atomic mass is 10.1. The number of fused-ring (bicyclic) bond motifs is 1. The monoisotopic (exact) mass is 388 g/mol. The van der Waals surface area contributed by atoms with Crippen molar-refractivity contribution in [2.24, 2.45) is 0 Å². The molecule has 1 aromatic carbocycles. The molecule has 1 unspecified atom stereocenters. The van der Waals surface area contributed by atoms with Gasteiger partial charge >= 0.3 is 12.1 Å². The van der Waals surface area contributed by atoms with E-state index in [4.69, 9.17) is 9.57 Å². The SMILES string of the molecule is CC(C)(C)OC(=O)N1CCCCCC1C(=O)ON1C(=O)c2ccccc2C1=O. The molecule has 8 heteroatoms. The lowest BCUT2D eigenvalue weighted by Crippen LogP contribution is -2.49. The highest BCUT2D eigenvalue weighted by Crippen LogP contribution is 2.25. The number of hydroxylamine groups is 2. The average Bonchev–Trinajstić information content (AvgIpc) is 2.82. The van der Waals surface area contributed by atoms with E-state index in [1.165, 1.54) is 17.0 Å². The largest absolute Gasteiger partial charge is 0.444 e. The molecule has 1 fully saturated rings. The zero-order chi connectivity index (χ0) is 20.5. The van der Waals surface area contributed by atoms with Crippen molar-refractivity contribution < 1.29 is 28.8 Å². The van der Waals surface area contributed by atoms with Gasteiger partial charge in [-0.3, -0.25) is 14.5 Å². The van der Waals surface area contributed by atoms with Crippen molar-refractivity contribution in [1.29, 1.82) is 0 Å². The van der Waals surface area contributed by atoms with Gasteiger partial charge in [-0.05, 0) is 45.7 Å². The van der Waals surface area contributed by atoms with Gasteiger partial charge in [0.25, 0.3) is 11.8 Å². The van der Waals surface area contributed by atoms with Crippen LogP contribution in [0.25, 0.3) is 0 Å². The molecule has 2 heterocycles. The van der Waals surface area contributed by atoms with Gasteiger partial charge in [0, 0.05) is 6.54 Å². The van der Waals surface area contributed by atoms with Crippen LogP contribution in [0.3, 0.4) is 0 Å². The first-order chi connectivity index (χ1) is 13.2. The van der Waals surface area contributed by atoms with Gasteiger partial charge in [-0.15, -0.1) is 0 Å². The van der Waals surface area contributed by atoms with Crippen molar-refractivity contribution >= 4 is 23.9 Å². The highest BCUT2D eigenvalue weighted by Gasteiger charge is 2.42. The first-order valence-corrected chi connectivity index (χ1v) is 9.38. The molecule has 0 N–H and O–H groups in total. The summed E-state index contributed by atoms with van der Waals surface area (Å²) in [4.78, 5) is 56.7. The average molecular weight is 388 g/mol. The van der Waals surface area contributed by atoms with Gasteiger partial charge in [-0.1, -0.05) is 30.0 Å². The molecule has 0 saturated carbocycles. The maximum Gasteiger partial charge on any atom is 0.411 e. The maximum atomic E-state index is 12.8. The Morgan fingerprint density at radius 1 is 1.00 bits per heavy atom. The van der Waals surface area contributed by atoms with Gasteiger partial charge in [0.15, 0.2) is 0 Å². The molecule has 0 spiro atoms. The fourth-order valence-corrected chi connectivity index (χ4v) is 3.29. The second-order valence-electron chi connectivity index (χ2n) is 7.90. The van der Waals surface area contributed by atoms with Gasteiger partial charge in [-0.25, -0.2) is 9.59 Å². The summed E-state index contributed by atoms with van der Waals surface area (Å²) < 4.78 is 5.41. The van der Waals surface area contributed by atoms with Crippen LogP contribution in [0.1, 0.15) is 67.2 Å². The third kappa shape index (κ3) is 4.00. The van der Waals surface area contributed by atoms with E-state index in [-0.39, 0.29) is 11.1 Å². The van der Waals surface area contributed by atoms with E-state index in [1.54, 1.807) is 32.9 Å². The zero-order valence-corrected chi connectivity index (χ0v) is 16.3. The number of nitrogens with zero attached hydrogens (tertiary/aromatic N) is 2. The van der Waals surface area contributed by atoms with Gasteiger partial charge in [0.05, 0.1) is 11.1 Å². The van der Waals surface area contributed by atoms with Crippen LogP contribution in [0.15, 0.2) is 24.3 Å². The van der Waals surface area contributed by atoms with Crippen LogP contribution in [0.2, 0.25) is 0 Å². The van der Waals surface area contributed by atoms with Crippen molar-refractivity contribution in [3.8, 4) is 0 Å². The fourth-order valence-electron chi connectivity index (χ4n) is 3.29. The molecule has 2 aliphatic rings. The predicted molar refractivity (Wildman–Crippen MR) is 98.2 cm³/mol. The number of ether oxygens (including phenoxy) is 1. The van der Waals surface area contributed by atoms with Crippen molar-refractivity contribution in [3.63, 3.8) is 0 Å². The molecule has 3 rings (SSSR count). The first kappa shape index (κ1) is 19.9. The lowest BCUT2D eigenvalue weighted by molar-refractivity contribution is -0.174. The highest BCUT2D eigenvalue weighted by molar-refractivity contribution is 6.20. The Hall–Kier alpha value is -2.90. The standard InChI is InChI=1S/C20H24N2O6/c1-20(2,3)27-19(26)21-12-8-4-5-11-15(21)18(25)28-22-16(23)13-9-6-7-10-14(13)17(22)24/h6-7,9-10,15H,4-5,8,11-12H2,1-3H3. The second-order valence-corrected chi connectivity index (χ2v) is 7.90. The summed E-state index contributed by atoms with van der Waals surface area (Å²) in [7, 11) is 0. The zero-order valence-electron chi connectivity index (χ0n) is 16.3. The van der Waals surface area contributed by atoms with Crippen LogP contribution in [0.5, 0.6) is 0 Å². The summed E-state index contributed by atoms with van der Waals surface area (Å²) in [5, 5.41) is 0.477. The summed E-state index contributed by atoms with van der Waals surface area (Å²) in [6.07, 6.45) is 2.08. The molecule has 8 nitrogen and oxygen atoms in total. The minimum Gasteiger partial charge on any atom is -0.444 e.